The van der Waals surface area contributed by atoms with E-state index in [2.05, 4.69) is 15.9 Å². The van der Waals surface area contributed by atoms with Crippen LogP contribution < -0.4 is 10.5 Å². The first-order chi connectivity index (χ1) is 8.04. The van der Waals surface area contributed by atoms with Crippen LogP contribution in [-0.2, 0) is 6.42 Å². The molecular formula is C13H19BrFNO. The van der Waals surface area contributed by atoms with E-state index in [-0.39, 0.29) is 6.54 Å². The number of ether oxygens (including phenoxy) is 1. The highest BCUT2D eigenvalue weighted by atomic mass is 79.9. The smallest absolute Gasteiger partial charge is 0.133 e. The lowest BCUT2D eigenvalue weighted by Crippen LogP contribution is -2.35. The Morgan fingerprint density at radius 2 is 2.18 bits per heavy atom. The van der Waals surface area contributed by atoms with Gasteiger partial charge in [0.25, 0.3) is 0 Å². The fourth-order valence-corrected chi connectivity index (χ4v) is 2.48. The molecule has 2 nitrogen and oxygen atoms in total. The average molecular weight is 304 g/mol. The zero-order chi connectivity index (χ0) is 12.9. The van der Waals surface area contributed by atoms with E-state index in [4.69, 9.17) is 10.5 Å². The van der Waals surface area contributed by atoms with Crippen molar-refractivity contribution >= 4 is 15.9 Å². The Labute approximate surface area is 110 Å². The van der Waals surface area contributed by atoms with Gasteiger partial charge in [-0.1, -0.05) is 19.4 Å². The van der Waals surface area contributed by atoms with E-state index in [1.165, 1.54) is 0 Å². The number of benzene rings is 1. The van der Waals surface area contributed by atoms with E-state index in [9.17, 15) is 4.39 Å². The SMILES string of the molecule is CCCC(F)(CN)Cc1ccc(OC)c(Br)c1. The molecule has 0 aliphatic carbocycles. The standard InChI is InChI=1S/C13H19BrFNO/c1-3-6-13(15,9-16)8-10-4-5-12(17-2)11(14)7-10/h4-5,7H,3,6,8-9,16H2,1-2H3. The van der Waals surface area contributed by atoms with Crippen LogP contribution in [0.15, 0.2) is 22.7 Å². The lowest BCUT2D eigenvalue weighted by molar-refractivity contribution is 0.158. The number of hydrogen-bond donors (Lipinski definition) is 1. The van der Waals surface area contributed by atoms with Crippen LogP contribution in [0.2, 0.25) is 0 Å². The highest BCUT2D eigenvalue weighted by Gasteiger charge is 2.27. The molecule has 2 N–H and O–H groups in total. The van der Waals surface area contributed by atoms with E-state index in [1.54, 1.807) is 7.11 Å². The Hall–Kier alpha value is -0.610. The lowest BCUT2D eigenvalue weighted by Gasteiger charge is -2.23. The third-order valence-corrected chi connectivity index (χ3v) is 3.42. The zero-order valence-electron chi connectivity index (χ0n) is 10.3. The summed E-state index contributed by atoms with van der Waals surface area (Å²) < 4.78 is 20.3. The van der Waals surface area contributed by atoms with Gasteiger partial charge in [0.05, 0.1) is 11.6 Å². The van der Waals surface area contributed by atoms with Gasteiger partial charge < -0.3 is 10.5 Å². The molecule has 0 amide bonds. The van der Waals surface area contributed by atoms with Gasteiger partial charge in [-0.15, -0.1) is 0 Å². The van der Waals surface area contributed by atoms with Gasteiger partial charge in [0.2, 0.25) is 0 Å². The molecular weight excluding hydrogens is 285 g/mol. The summed E-state index contributed by atoms with van der Waals surface area (Å²) in [4.78, 5) is 0. The van der Waals surface area contributed by atoms with E-state index in [0.717, 1.165) is 22.2 Å². The molecule has 17 heavy (non-hydrogen) atoms. The largest absolute Gasteiger partial charge is 0.496 e. The first-order valence-electron chi connectivity index (χ1n) is 5.76. The summed E-state index contributed by atoms with van der Waals surface area (Å²) in [5.41, 5.74) is 5.15. The Kier molecular flexibility index (Phi) is 5.40. The molecule has 0 saturated carbocycles. The number of nitrogens with two attached hydrogens (primary N) is 1. The second kappa shape index (κ2) is 6.36. The molecule has 1 unspecified atom stereocenters. The summed E-state index contributed by atoms with van der Waals surface area (Å²) in [6, 6.07) is 5.60. The fraction of sp³-hybridized carbons (Fsp3) is 0.538. The molecule has 4 heteroatoms. The third kappa shape index (κ3) is 3.96. The van der Waals surface area contributed by atoms with Gasteiger partial charge in [-0.05, 0) is 40.0 Å². The molecule has 1 rings (SSSR count). The molecule has 1 atom stereocenters. The van der Waals surface area contributed by atoms with Crippen molar-refractivity contribution in [3.63, 3.8) is 0 Å². The number of halogens is 2. The molecule has 0 radical (unpaired) electrons. The number of alkyl halides is 1. The van der Waals surface area contributed by atoms with Crippen molar-refractivity contribution in [3.8, 4) is 5.75 Å². The quantitative estimate of drug-likeness (QED) is 0.873. The van der Waals surface area contributed by atoms with Crippen LogP contribution in [-0.4, -0.2) is 19.3 Å². The van der Waals surface area contributed by atoms with Crippen LogP contribution in [0.1, 0.15) is 25.3 Å². The number of rotatable bonds is 6. The summed E-state index contributed by atoms with van der Waals surface area (Å²) in [5.74, 6) is 0.751. The Morgan fingerprint density at radius 1 is 1.47 bits per heavy atom. The van der Waals surface area contributed by atoms with Crippen LogP contribution in [0.4, 0.5) is 4.39 Å². The van der Waals surface area contributed by atoms with E-state index < -0.39 is 5.67 Å². The first kappa shape index (κ1) is 14.5. The van der Waals surface area contributed by atoms with Gasteiger partial charge in [-0.3, -0.25) is 0 Å². The topological polar surface area (TPSA) is 35.2 Å². The Bertz CT molecular complexity index is 372. The molecule has 0 saturated heterocycles. The van der Waals surface area contributed by atoms with Crippen LogP contribution in [0.3, 0.4) is 0 Å². The predicted molar refractivity (Wildman–Crippen MR) is 72.2 cm³/mol. The van der Waals surface area contributed by atoms with E-state index in [0.29, 0.717) is 12.8 Å². The highest BCUT2D eigenvalue weighted by molar-refractivity contribution is 9.10. The summed E-state index contributed by atoms with van der Waals surface area (Å²) in [6.45, 7) is 2.03. The Morgan fingerprint density at radius 3 is 2.65 bits per heavy atom. The number of hydrogen-bond acceptors (Lipinski definition) is 2. The van der Waals surface area contributed by atoms with Crippen molar-refractivity contribution in [2.75, 3.05) is 13.7 Å². The normalized spacial score (nSPS) is 14.4. The van der Waals surface area contributed by atoms with Crippen LogP contribution >= 0.6 is 15.9 Å². The van der Waals surface area contributed by atoms with E-state index >= 15 is 0 Å². The lowest BCUT2D eigenvalue weighted by atomic mass is 9.92. The molecule has 96 valence electrons. The molecule has 0 aliphatic heterocycles. The zero-order valence-corrected chi connectivity index (χ0v) is 11.9. The molecule has 1 aromatic rings. The fourth-order valence-electron chi connectivity index (χ4n) is 1.90. The second-order valence-corrected chi connectivity index (χ2v) is 5.11. The van der Waals surface area contributed by atoms with E-state index in [1.807, 2.05) is 25.1 Å². The second-order valence-electron chi connectivity index (χ2n) is 4.25. The Balaban J connectivity index is 2.83. The van der Waals surface area contributed by atoms with Crippen LogP contribution in [0.25, 0.3) is 0 Å². The minimum Gasteiger partial charge on any atom is -0.496 e. The van der Waals surface area contributed by atoms with Crippen molar-refractivity contribution in [2.24, 2.45) is 5.73 Å². The summed E-state index contributed by atoms with van der Waals surface area (Å²) in [6.07, 6.45) is 1.64. The monoisotopic (exact) mass is 303 g/mol. The summed E-state index contributed by atoms with van der Waals surface area (Å²) in [5, 5.41) is 0. The molecule has 0 heterocycles. The van der Waals surface area contributed by atoms with Crippen molar-refractivity contribution in [1.82, 2.24) is 0 Å². The average Bonchev–Trinajstić information content (AvgIpc) is 2.29. The van der Waals surface area contributed by atoms with Gasteiger partial charge in [0.15, 0.2) is 0 Å². The molecule has 0 aliphatic rings. The molecule has 1 aromatic carbocycles. The first-order valence-corrected chi connectivity index (χ1v) is 6.55. The highest BCUT2D eigenvalue weighted by Crippen LogP contribution is 2.29. The van der Waals surface area contributed by atoms with Gasteiger partial charge in [-0.2, -0.15) is 0 Å². The molecule has 0 aromatic heterocycles. The number of methoxy groups -OCH3 is 1. The van der Waals surface area contributed by atoms with Crippen molar-refractivity contribution in [1.29, 1.82) is 0 Å². The molecule has 0 fully saturated rings. The van der Waals surface area contributed by atoms with Crippen molar-refractivity contribution < 1.29 is 9.13 Å². The van der Waals surface area contributed by atoms with Crippen molar-refractivity contribution in [2.45, 2.75) is 31.9 Å². The molecule has 0 bridgehead atoms. The van der Waals surface area contributed by atoms with Crippen molar-refractivity contribution in [3.05, 3.63) is 28.2 Å². The maximum absolute atomic E-state index is 14.3. The molecule has 0 spiro atoms. The minimum atomic E-state index is -1.30. The summed E-state index contributed by atoms with van der Waals surface area (Å²) in [7, 11) is 1.61. The van der Waals surface area contributed by atoms with Crippen LogP contribution in [0, 0.1) is 0 Å². The maximum Gasteiger partial charge on any atom is 0.133 e. The third-order valence-electron chi connectivity index (χ3n) is 2.80. The predicted octanol–water partition coefficient (Wildman–Crippen LogP) is 3.47. The maximum atomic E-state index is 14.3. The van der Waals surface area contributed by atoms with Gasteiger partial charge in [0, 0.05) is 13.0 Å². The van der Waals surface area contributed by atoms with Gasteiger partial charge in [0.1, 0.15) is 11.4 Å². The van der Waals surface area contributed by atoms with Crippen LogP contribution in [0.5, 0.6) is 5.75 Å². The minimum absolute atomic E-state index is 0.0600. The summed E-state index contributed by atoms with van der Waals surface area (Å²) >= 11 is 3.40. The van der Waals surface area contributed by atoms with Gasteiger partial charge >= 0.3 is 0 Å². The van der Waals surface area contributed by atoms with Gasteiger partial charge in [-0.25, -0.2) is 4.39 Å².